The number of rotatable bonds is 4. The molecule has 0 aromatic carbocycles. The van der Waals surface area contributed by atoms with E-state index in [9.17, 15) is 14.4 Å². The standard InChI is InChI=1S/C8H11N3O4/c1-4(12)10-6(8(14)15)2-5-3-9-11-7(5)13/h3,6H,2H2,1H3,(H,10,12)(H,14,15)(H2,9,11,13)/t6-/m1/s1. The Hall–Kier alpha value is -2.05. The molecule has 0 saturated carbocycles. The van der Waals surface area contributed by atoms with E-state index < -0.39 is 17.9 Å². The van der Waals surface area contributed by atoms with Gasteiger partial charge in [0.2, 0.25) is 5.91 Å². The molecule has 1 amide bonds. The Morgan fingerprint density at radius 2 is 2.27 bits per heavy atom. The number of carbonyl (C=O) groups excluding carboxylic acids is 1. The van der Waals surface area contributed by atoms with E-state index in [1.807, 2.05) is 0 Å². The molecular weight excluding hydrogens is 202 g/mol. The fraction of sp³-hybridized carbons (Fsp3) is 0.375. The second-order valence-electron chi connectivity index (χ2n) is 3.06. The summed E-state index contributed by atoms with van der Waals surface area (Å²) in [5.74, 6) is -1.62. The molecule has 1 atom stereocenters. The van der Waals surface area contributed by atoms with Crippen LogP contribution < -0.4 is 10.9 Å². The topological polar surface area (TPSA) is 115 Å². The van der Waals surface area contributed by atoms with Crippen molar-refractivity contribution in [3.05, 3.63) is 22.1 Å². The summed E-state index contributed by atoms with van der Waals surface area (Å²) >= 11 is 0. The van der Waals surface area contributed by atoms with Crippen molar-refractivity contribution < 1.29 is 14.7 Å². The lowest BCUT2D eigenvalue weighted by atomic mass is 10.1. The molecule has 1 aromatic heterocycles. The number of carboxylic acids is 1. The number of H-pyrrole nitrogens is 2. The first-order valence-corrected chi connectivity index (χ1v) is 4.25. The molecule has 1 heterocycles. The van der Waals surface area contributed by atoms with Crippen molar-refractivity contribution in [3.63, 3.8) is 0 Å². The molecule has 0 aliphatic carbocycles. The van der Waals surface area contributed by atoms with Crippen molar-refractivity contribution >= 4 is 11.9 Å². The first-order valence-electron chi connectivity index (χ1n) is 4.25. The van der Waals surface area contributed by atoms with Gasteiger partial charge in [-0.3, -0.25) is 14.7 Å². The van der Waals surface area contributed by atoms with Crippen molar-refractivity contribution in [1.29, 1.82) is 0 Å². The molecule has 0 fully saturated rings. The maximum absolute atomic E-state index is 11.1. The predicted octanol–water partition coefficient (Wildman–Crippen LogP) is -1.17. The fourth-order valence-corrected chi connectivity index (χ4v) is 1.15. The largest absolute Gasteiger partial charge is 0.480 e. The Kier molecular flexibility index (Phi) is 3.27. The van der Waals surface area contributed by atoms with Crippen molar-refractivity contribution in [3.8, 4) is 0 Å². The number of aliphatic carboxylic acids is 1. The van der Waals surface area contributed by atoms with E-state index in [4.69, 9.17) is 5.11 Å². The molecule has 0 aliphatic heterocycles. The zero-order chi connectivity index (χ0) is 11.4. The lowest BCUT2D eigenvalue weighted by Gasteiger charge is -2.10. The Morgan fingerprint density at radius 3 is 2.67 bits per heavy atom. The molecule has 1 aromatic rings. The minimum Gasteiger partial charge on any atom is -0.480 e. The van der Waals surface area contributed by atoms with Gasteiger partial charge in [0.05, 0.1) is 0 Å². The average molecular weight is 213 g/mol. The van der Waals surface area contributed by atoms with Crippen LogP contribution in [0.15, 0.2) is 11.0 Å². The zero-order valence-corrected chi connectivity index (χ0v) is 8.03. The van der Waals surface area contributed by atoms with Crippen LogP contribution in [0.4, 0.5) is 0 Å². The van der Waals surface area contributed by atoms with E-state index in [0.717, 1.165) is 0 Å². The summed E-state index contributed by atoms with van der Waals surface area (Å²) in [6.45, 7) is 1.22. The molecule has 0 radical (unpaired) electrons. The van der Waals surface area contributed by atoms with Crippen LogP contribution >= 0.6 is 0 Å². The van der Waals surface area contributed by atoms with Gasteiger partial charge in [0.25, 0.3) is 5.56 Å². The second kappa shape index (κ2) is 4.45. The summed E-state index contributed by atoms with van der Waals surface area (Å²) in [6, 6.07) is -1.08. The fourth-order valence-electron chi connectivity index (χ4n) is 1.15. The summed E-state index contributed by atoms with van der Waals surface area (Å²) in [5, 5.41) is 15.7. The molecule has 4 N–H and O–H groups in total. The van der Waals surface area contributed by atoms with Gasteiger partial charge in [-0.15, -0.1) is 0 Å². The number of hydrogen-bond acceptors (Lipinski definition) is 3. The summed E-state index contributed by atoms with van der Waals surface area (Å²) in [5.41, 5.74) is -0.0947. The monoisotopic (exact) mass is 213 g/mol. The van der Waals surface area contributed by atoms with Crippen molar-refractivity contribution in [2.45, 2.75) is 19.4 Å². The van der Waals surface area contributed by atoms with Gasteiger partial charge >= 0.3 is 5.97 Å². The molecule has 0 spiro atoms. The summed E-state index contributed by atoms with van der Waals surface area (Å²) < 4.78 is 0. The van der Waals surface area contributed by atoms with Gasteiger partial charge in [0.15, 0.2) is 0 Å². The first kappa shape index (κ1) is 11.0. The highest BCUT2D eigenvalue weighted by Gasteiger charge is 2.20. The maximum Gasteiger partial charge on any atom is 0.326 e. The Bertz CT molecular complexity index is 420. The average Bonchev–Trinajstić information content (AvgIpc) is 2.50. The van der Waals surface area contributed by atoms with Crippen LogP contribution in [-0.4, -0.2) is 33.2 Å². The molecule has 1 rings (SSSR count). The van der Waals surface area contributed by atoms with Gasteiger partial charge in [0, 0.05) is 25.1 Å². The number of aromatic nitrogens is 2. The predicted molar refractivity (Wildman–Crippen MR) is 50.4 cm³/mol. The molecule has 7 nitrogen and oxygen atoms in total. The van der Waals surface area contributed by atoms with E-state index in [2.05, 4.69) is 15.5 Å². The van der Waals surface area contributed by atoms with E-state index in [1.54, 1.807) is 0 Å². The number of hydrogen-bond donors (Lipinski definition) is 4. The first-order chi connectivity index (χ1) is 7.00. The highest BCUT2D eigenvalue weighted by molar-refractivity contribution is 5.82. The lowest BCUT2D eigenvalue weighted by molar-refractivity contribution is -0.141. The third kappa shape index (κ3) is 2.97. The van der Waals surface area contributed by atoms with Crippen LogP contribution in [-0.2, 0) is 16.0 Å². The van der Waals surface area contributed by atoms with Gasteiger partial charge in [0.1, 0.15) is 6.04 Å². The van der Waals surface area contributed by atoms with Crippen LogP contribution in [0, 0.1) is 0 Å². The van der Waals surface area contributed by atoms with Crippen LogP contribution in [0.3, 0.4) is 0 Å². The maximum atomic E-state index is 11.1. The second-order valence-corrected chi connectivity index (χ2v) is 3.06. The third-order valence-electron chi connectivity index (χ3n) is 1.82. The van der Waals surface area contributed by atoms with Crippen LogP contribution in [0.25, 0.3) is 0 Å². The summed E-state index contributed by atoms with van der Waals surface area (Å²) in [7, 11) is 0. The van der Waals surface area contributed by atoms with E-state index in [1.165, 1.54) is 13.1 Å². The van der Waals surface area contributed by atoms with Gasteiger partial charge in [-0.1, -0.05) is 0 Å². The van der Waals surface area contributed by atoms with E-state index >= 15 is 0 Å². The van der Waals surface area contributed by atoms with Crippen LogP contribution in [0.2, 0.25) is 0 Å². The number of amides is 1. The van der Waals surface area contributed by atoms with Gasteiger partial charge in [-0.2, -0.15) is 0 Å². The van der Waals surface area contributed by atoms with Crippen LogP contribution in [0.1, 0.15) is 12.5 Å². The van der Waals surface area contributed by atoms with Crippen molar-refractivity contribution in [1.82, 2.24) is 15.5 Å². The third-order valence-corrected chi connectivity index (χ3v) is 1.82. The highest BCUT2D eigenvalue weighted by Crippen LogP contribution is 1.96. The normalized spacial score (nSPS) is 12.1. The van der Waals surface area contributed by atoms with Crippen molar-refractivity contribution in [2.24, 2.45) is 0 Å². The lowest BCUT2D eigenvalue weighted by Crippen LogP contribution is -2.41. The van der Waals surface area contributed by atoms with Crippen molar-refractivity contribution in [2.75, 3.05) is 0 Å². The SMILES string of the molecule is CC(=O)N[C@H](Cc1c[nH][nH]c1=O)C(=O)O. The Morgan fingerprint density at radius 1 is 1.60 bits per heavy atom. The zero-order valence-electron chi connectivity index (χ0n) is 8.03. The smallest absolute Gasteiger partial charge is 0.326 e. The molecule has 82 valence electrons. The molecule has 0 aliphatic rings. The Labute approximate surface area is 84.5 Å². The summed E-state index contributed by atoms with van der Waals surface area (Å²) in [4.78, 5) is 32.5. The number of aromatic amines is 2. The molecule has 0 saturated heterocycles. The van der Waals surface area contributed by atoms with E-state index in [0.29, 0.717) is 0 Å². The van der Waals surface area contributed by atoms with Gasteiger partial charge in [-0.05, 0) is 0 Å². The molecule has 15 heavy (non-hydrogen) atoms. The highest BCUT2D eigenvalue weighted by atomic mass is 16.4. The molecule has 0 bridgehead atoms. The number of nitrogens with one attached hydrogen (secondary N) is 3. The van der Waals surface area contributed by atoms with E-state index in [-0.39, 0.29) is 17.5 Å². The van der Waals surface area contributed by atoms with Crippen LogP contribution in [0.5, 0.6) is 0 Å². The quantitative estimate of drug-likeness (QED) is 0.504. The molecular formula is C8H11N3O4. The van der Waals surface area contributed by atoms with Gasteiger partial charge in [-0.25, -0.2) is 4.79 Å². The molecule has 7 heteroatoms. The Balaban J connectivity index is 2.75. The van der Waals surface area contributed by atoms with Gasteiger partial charge < -0.3 is 15.5 Å². The number of carboxylic acid groups (broad SMARTS) is 1. The minimum absolute atomic E-state index is 0.0479. The minimum atomic E-state index is -1.18. The number of carbonyl (C=O) groups is 2. The molecule has 0 unspecified atom stereocenters. The summed E-state index contributed by atoms with van der Waals surface area (Å²) in [6.07, 6.45) is 1.33.